The Morgan fingerprint density at radius 2 is 1.05 bits per heavy atom. The molecular formula is C51H98NO6P. The van der Waals surface area contributed by atoms with Gasteiger partial charge in [0.05, 0.1) is 19.3 Å². The Kier molecular flexibility index (Phi) is 35.8. The lowest BCUT2D eigenvalue weighted by Crippen LogP contribution is -2.58. The molecule has 0 aromatic rings. The van der Waals surface area contributed by atoms with E-state index >= 15 is 0 Å². The third-order valence-electron chi connectivity index (χ3n) is 12.6. The molecule has 0 amide bonds. The van der Waals surface area contributed by atoms with Crippen molar-refractivity contribution in [3.63, 3.8) is 0 Å². The summed E-state index contributed by atoms with van der Waals surface area (Å²) in [7, 11) is -0.779. The summed E-state index contributed by atoms with van der Waals surface area (Å²) in [4.78, 5) is 11.9. The largest absolute Gasteiger partial charge is 0.471 e. The Labute approximate surface area is 367 Å². The smallest absolute Gasteiger partial charge is 0.347 e. The first-order valence-electron chi connectivity index (χ1n) is 24.5. The normalized spacial score (nSPS) is 17.3. The van der Waals surface area contributed by atoms with E-state index in [1.165, 1.54) is 136 Å². The zero-order valence-corrected chi connectivity index (χ0v) is 41.5. The average molecular weight is 852 g/mol. The van der Waals surface area contributed by atoms with Crippen molar-refractivity contribution in [3.05, 3.63) is 48.6 Å². The van der Waals surface area contributed by atoms with Crippen molar-refractivity contribution in [2.45, 2.75) is 240 Å². The van der Waals surface area contributed by atoms with Gasteiger partial charge in [-0.2, -0.15) is 0 Å². The number of phosphoric ester groups is 1. The van der Waals surface area contributed by atoms with E-state index in [1.807, 2.05) is 20.9 Å². The van der Waals surface area contributed by atoms with Gasteiger partial charge in [-0.15, -0.1) is 0 Å². The molecule has 1 aliphatic heterocycles. The molecule has 348 valence electrons. The summed E-state index contributed by atoms with van der Waals surface area (Å²) in [5, 5.41) is 0. The number of allylic oxidation sites excluding steroid dienone is 8. The molecule has 1 fully saturated rings. The molecule has 59 heavy (non-hydrogen) atoms. The number of nitrogens with zero attached hydrogens (tertiary/aromatic N) is 1. The van der Waals surface area contributed by atoms with E-state index < -0.39 is 13.6 Å². The van der Waals surface area contributed by atoms with Gasteiger partial charge in [-0.05, 0) is 97.9 Å². The van der Waals surface area contributed by atoms with Crippen LogP contribution < -0.4 is 0 Å². The Bertz CT molecular complexity index is 1080. The summed E-state index contributed by atoms with van der Waals surface area (Å²) < 4.78 is 35.4. The van der Waals surface area contributed by atoms with E-state index in [0.29, 0.717) is 13.2 Å². The van der Waals surface area contributed by atoms with Crippen molar-refractivity contribution in [1.29, 1.82) is 0 Å². The third-order valence-corrected chi connectivity index (χ3v) is 13.6. The molecule has 0 bridgehead atoms. The lowest BCUT2D eigenvalue weighted by molar-refractivity contribution is -0.198. The van der Waals surface area contributed by atoms with Crippen molar-refractivity contribution in [2.75, 3.05) is 33.9 Å². The quantitative estimate of drug-likeness (QED) is 0.0377. The summed E-state index contributed by atoms with van der Waals surface area (Å²) >= 11 is 0. The highest BCUT2D eigenvalue weighted by Crippen LogP contribution is 2.47. The van der Waals surface area contributed by atoms with Gasteiger partial charge in [0.2, 0.25) is 0 Å². The molecule has 1 aliphatic rings. The predicted molar refractivity (Wildman–Crippen MR) is 256 cm³/mol. The van der Waals surface area contributed by atoms with E-state index in [-0.39, 0.29) is 23.7 Å². The Balaban J connectivity index is 0.0000165. The van der Waals surface area contributed by atoms with Crippen LogP contribution in [0.25, 0.3) is 0 Å². The standard InChI is InChI=1S/C49H92NO6P.C2H6/c1-9-11-13-15-17-19-21-23-25-27-29-31-33-35-37-39-41-49(42-40-38-36-34-32-30-28-26-24-22-20-18-16-14-12-10-2)54-45-46(56-49)47(3,4)48(5,6)50(7)43-44-55-57(51,52)53-8;1-2/h17-20,23-26,46H,9-16,21-22,27-45H2,1-8H3,(H,51,52);1-2H3/b19-17-,20-18-,25-23-,26-24-;/t46-;/m1./s1. The number of rotatable bonds is 38. The average Bonchev–Trinajstić information content (AvgIpc) is 3.66. The molecule has 0 spiro atoms. The molecule has 1 rings (SSSR count). The maximum atomic E-state index is 11.9. The summed E-state index contributed by atoms with van der Waals surface area (Å²) in [6, 6.07) is 0. The van der Waals surface area contributed by atoms with Crippen LogP contribution in [0.4, 0.5) is 0 Å². The molecule has 1 saturated heterocycles. The molecule has 7 nitrogen and oxygen atoms in total. The molecule has 2 atom stereocenters. The summed E-state index contributed by atoms with van der Waals surface area (Å²) in [5.41, 5.74) is -0.556. The van der Waals surface area contributed by atoms with Gasteiger partial charge in [-0.3, -0.25) is 13.9 Å². The highest BCUT2D eigenvalue weighted by molar-refractivity contribution is 7.47. The van der Waals surface area contributed by atoms with Crippen LogP contribution in [0.5, 0.6) is 0 Å². The zero-order chi connectivity index (χ0) is 44.1. The highest BCUT2D eigenvalue weighted by Gasteiger charge is 2.53. The van der Waals surface area contributed by atoms with Gasteiger partial charge in [0.15, 0.2) is 5.79 Å². The Morgan fingerprint density at radius 3 is 1.46 bits per heavy atom. The van der Waals surface area contributed by atoms with Crippen LogP contribution in [-0.2, 0) is 23.1 Å². The molecule has 1 unspecified atom stereocenters. The maximum Gasteiger partial charge on any atom is 0.471 e. The van der Waals surface area contributed by atoms with E-state index in [2.05, 4.69) is 99.6 Å². The van der Waals surface area contributed by atoms with E-state index in [1.54, 1.807) is 0 Å². The van der Waals surface area contributed by atoms with Crippen molar-refractivity contribution < 1.29 is 28.0 Å². The molecule has 0 aromatic carbocycles. The molecular weight excluding hydrogens is 754 g/mol. The zero-order valence-electron chi connectivity index (χ0n) is 40.6. The summed E-state index contributed by atoms with van der Waals surface area (Å²) in [5.74, 6) is -0.522. The van der Waals surface area contributed by atoms with Crippen LogP contribution in [-0.4, -0.2) is 61.1 Å². The maximum absolute atomic E-state index is 11.9. The highest BCUT2D eigenvalue weighted by atomic mass is 31.2. The van der Waals surface area contributed by atoms with Crippen molar-refractivity contribution >= 4 is 7.82 Å². The van der Waals surface area contributed by atoms with Crippen LogP contribution in [0.2, 0.25) is 0 Å². The molecule has 0 aliphatic carbocycles. The topological polar surface area (TPSA) is 77.5 Å². The van der Waals surface area contributed by atoms with Gasteiger partial charge in [0.1, 0.15) is 0 Å². The molecule has 1 N–H and O–H groups in total. The summed E-state index contributed by atoms with van der Waals surface area (Å²) in [6.07, 6.45) is 50.3. The number of hydrogen-bond donors (Lipinski definition) is 1. The fraction of sp³-hybridized carbons (Fsp3) is 0.843. The number of ether oxygens (including phenoxy) is 2. The van der Waals surface area contributed by atoms with E-state index in [0.717, 1.165) is 38.5 Å². The van der Waals surface area contributed by atoms with Crippen LogP contribution in [0.15, 0.2) is 48.6 Å². The molecule has 8 heteroatoms. The van der Waals surface area contributed by atoms with E-state index in [4.69, 9.17) is 14.0 Å². The van der Waals surface area contributed by atoms with Crippen LogP contribution in [0, 0.1) is 5.41 Å². The molecule has 0 aromatic heterocycles. The van der Waals surface area contributed by atoms with Crippen molar-refractivity contribution in [2.24, 2.45) is 5.41 Å². The van der Waals surface area contributed by atoms with Gasteiger partial charge in [0.25, 0.3) is 0 Å². The minimum absolute atomic E-state index is 0.0620. The number of unbranched alkanes of at least 4 members (excludes halogenated alkanes) is 18. The fourth-order valence-corrected chi connectivity index (χ4v) is 7.99. The Hall–Kier alpha value is -1.05. The van der Waals surface area contributed by atoms with Crippen molar-refractivity contribution in [3.8, 4) is 0 Å². The van der Waals surface area contributed by atoms with Gasteiger partial charge >= 0.3 is 7.82 Å². The fourth-order valence-electron chi connectivity index (χ4n) is 7.57. The molecule has 0 saturated carbocycles. The molecule has 1 heterocycles. The lowest BCUT2D eigenvalue weighted by atomic mass is 9.69. The first-order chi connectivity index (χ1) is 28.4. The molecule has 0 radical (unpaired) electrons. The first-order valence-corrected chi connectivity index (χ1v) is 26.0. The van der Waals surface area contributed by atoms with Gasteiger partial charge < -0.3 is 14.4 Å². The number of phosphoric acid groups is 1. The minimum atomic E-state index is -4.01. The van der Waals surface area contributed by atoms with Crippen LogP contribution in [0.1, 0.15) is 222 Å². The second kappa shape index (κ2) is 36.4. The lowest BCUT2D eigenvalue weighted by Gasteiger charge is -2.50. The number of likely N-dealkylation sites (N-methyl/N-ethyl adjacent to an activating group) is 1. The van der Waals surface area contributed by atoms with E-state index in [9.17, 15) is 9.46 Å². The minimum Gasteiger partial charge on any atom is -0.347 e. The predicted octanol–water partition coefficient (Wildman–Crippen LogP) is 16.0. The van der Waals surface area contributed by atoms with Gasteiger partial charge in [-0.25, -0.2) is 4.57 Å². The third kappa shape index (κ3) is 27.6. The van der Waals surface area contributed by atoms with Gasteiger partial charge in [-0.1, -0.05) is 167 Å². The summed E-state index contributed by atoms with van der Waals surface area (Å²) in [6.45, 7) is 18.7. The number of hydrogen-bond acceptors (Lipinski definition) is 6. The van der Waals surface area contributed by atoms with Gasteiger partial charge in [0, 0.05) is 37.5 Å². The monoisotopic (exact) mass is 852 g/mol. The van der Waals surface area contributed by atoms with Crippen LogP contribution in [0.3, 0.4) is 0 Å². The SMILES string of the molecule is CC.CCCCC/C=C\C/C=C\CCCCCCCCC1(CCCCCCCC/C=C\C/C=C\CCCCC)OC[C@H](C(C)(C)C(C)(C)N(C)CCOP(=O)(O)OC)O1. The first kappa shape index (κ1) is 58.0. The Morgan fingerprint density at radius 1 is 0.661 bits per heavy atom. The second-order valence-electron chi connectivity index (χ2n) is 17.7. The van der Waals surface area contributed by atoms with Crippen molar-refractivity contribution in [1.82, 2.24) is 4.90 Å². The van der Waals surface area contributed by atoms with Crippen LogP contribution >= 0.6 is 7.82 Å². The second-order valence-corrected chi connectivity index (χ2v) is 19.2.